The van der Waals surface area contributed by atoms with Crippen LogP contribution >= 0.6 is 0 Å². The Morgan fingerprint density at radius 3 is 1.90 bits per heavy atom. The van der Waals surface area contributed by atoms with Gasteiger partial charge in [-0.2, -0.15) is 0 Å². The molecule has 0 bridgehead atoms. The van der Waals surface area contributed by atoms with Crippen LogP contribution in [0.1, 0.15) is 0 Å². The summed E-state index contributed by atoms with van der Waals surface area (Å²) < 4.78 is 2.57. The van der Waals surface area contributed by atoms with E-state index in [1.54, 1.807) is 0 Å². The molecular weight excluding hydrogens is 468 g/mol. The lowest BCUT2D eigenvalue weighted by Crippen LogP contribution is -2.63. The molecule has 0 amide bonds. The SMILES string of the molecule is c1ccc(B2c3ccccc3B3c4ccccc4-c4ccc5c6ccccc6n(c5c43)-c3ccccc32)cc1. The standard InChI is InChI=1S/C36H23B2N/c1-2-12-24(13-3-1)37-30-17-7-8-18-31(30)38-29-16-6-4-14-25(29)27-22-23-28-26-15-5-10-20-33(26)39(36(28)35(27)38)34-21-11-9-19-32(34)37/h1-23H. The van der Waals surface area contributed by atoms with Crippen molar-refractivity contribution in [1.29, 1.82) is 0 Å². The molecule has 3 heteroatoms. The molecule has 1 aromatic heterocycles. The zero-order chi connectivity index (χ0) is 25.5. The molecule has 9 rings (SSSR count). The fourth-order valence-electron chi connectivity index (χ4n) is 7.48. The summed E-state index contributed by atoms with van der Waals surface area (Å²) in [6, 6.07) is 52.0. The maximum Gasteiger partial charge on any atom is 0.245 e. The molecule has 39 heavy (non-hydrogen) atoms. The van der Waals surface area contributed by atoms with E-state index in [1.165, 1.54) is 71.4 Å². The van der Waals surface area contributed by atoms with Crippen molar-refractivity contribution in [1.82, 2.24) is 4.57 Å². The molecule has 0 fully saturated rings. The van der Waals surface area contributed by atoms with Crippen LogP contribution in [0.4, 0.5) is 0 Å². The molecule has 0 N–H and O–H groups in total. The van der Waals surface area contributed by atoms with Gasteiger partial charge >= 0.3 is 0 Å². The minimum Gasteiger partial charge on any atom is -0.310 e. The van der Waals surface area contributed by atoms with Crippen LogP contribution in [0, 0.1) is 0 Å². The van der Waals surface area contributed by atoms with Gasteiger partial charge in [0.2, 0.25) is 13.4 Å². The molecule has 7 aromatic rings. The third kappa shape index (κ3) is 2.77. The van der Waals surface area contributed by atoms with Crippen LogP contribution in [0.25, 0.3) is 38.6 Å². The van der Waals surface area contributed by atoms with E-state index in [2.05, 4.69) is 144 Å². The summed E-state index contributed by atoms with van der Waals surface area (Å²) in [6.45, 7) is 0.278. The molecule has 0 atom stereocenters. The molecule has 0 unspecified atom stereocenters. The van der Waals surface area contributed by atoms with E-state index in [0.29, 0.717) is 0 Å². The van der Waals surface area contributed by atoms with Crippen LogP contribution in [0.2, 0.25) is 0 Å². The number of fused-ring (bicyclic) bond motifs is 10. The van der Waals surface area contributed by atoms with Crippen molar-refractivity contribution in [2.24, 2.45) is 0 Å². The number of para-hydroxylation sites is 2. The first-order valence-corrected chi connectivity index (χ1v) is 13.8. The van der Waals surface area contributed by atoms with Gasteiger partial charge in [-0.15, -0.1) is 0 Å². The number of benzene rings is 6. The Balaban J connectivity index is 1.56. The molecular formula is C36H23B2N. The smallest absolute Gasteiger partial charge is 0.245 e. The van der Waals surface area contributed by atoms with E-state index in [1.807, 2.05) is 0 Å². The predicted molar refractivity (Wildman–Crippen MR) is 168 cm³/mol. The van der Waals surface area contributed by atoms with Crippen molar-refractivity contribution in [2.45, 2.75) is 0 Å². The molecule has 6 aromatic carbocycles. The zero-order valence-electron chi connectivity index (χ0n) is 21.4. The quantitative estimate of drug-likeness (QED) is 0.305. The van der Waals surface area contributed by atoms with Gasteiger partial charge in [0.05, 0.1) is 5.52 Å². The van der Waals surface area contributed by atoms with Gasteiger partial charge in [-0.25, -0.2) is 0 Å². The van der Waals surface area contributed by atoms with Gasteiger partial charge in [-0.3, -0.25) is 0 Å². The van der Waals surface area contributed by atoms with E-state index in [4.69, 9.17) is 0 Å². The number of nitrogens with zero attached hydrogens (tertiary/aromatic N) is 1. The molecule has 178 valence electrons. The molecule has 2 aliphatic heterocycles. The van der Waals surface area contributed by atoms with Gasteiger partial charge in [0.25, 0.3) is 0 Å². The Kier molecular flexibility index (Phi) is 4.29. The number of hydrogen-bond acceptors (Lipinski definition) is 0. The van der Waals surface area contributed by atoms with Gasteiger partial charge in [0.1, 0.15) is 0 Å². The first kappa shape index (κ1) is 21.2. The summed E-state index contributed by atoms with van der Waals surface area (Å²) in [5.41, 5.74) is 14.9. The highest BCUT2D eigenvalue weighted by Crippen LogP contribution is 2.35. The average molecular weight is 491 g/mol. The lowest BCUT2D eigenvalue weighted by atomic mass is 9.29. The maximum atomic E-state index is 2.57. The van der Waals surface area contributed by atoms with E-state index in [-0.39, 0.29) is 13.4 Å². The third-order valence-electron chi connectivity index (χ3n) is 8.97. The molecule has 0 saturated carbocycles. The zero-order valence-corrected chi connectivity index (χ0v) is 21.4. The predicted octanol–water partition coefficient (Wildman–Crippen LogP) is 4.11. The van der Waals surface area contributed by atoms with E-state index < -0.39 is 0 Å². The summed E-state index contributed by atoms with van der Waals surface area (Å²) in [5, 5.41) is 2.64. The van der Waals surface area contributed by atoms with Gasteiger partial charge in [0, 0.05) is 22.0 Å². The summed E-state index contributed by atoms with van der Waals surface area (Å²) in [5.74, 6) is 0. The molecule has 0 spiro atoms. The van der Waals surface area contributed by atoms with Crippen molar-refractivity contribution >= 4 is 68.0 Å². The number of aromatic nitrogens is 1. The highest BCUT2D eigenvalue weighted by Gasteiger charge is 2.40. The normalized spacial score (nSPS) is 13.0. The Labute approximate surface area is 228 Å². The summed E-state index contributed by atoms with van der Waals surface area (Å²) >= 11 is 0. The Hall–Kier alpha value is -4.75. The van der Waals surface area contributed by atoms with Crippen LogP contribution in [-0.2, 0) is 0 Å². The first-order chi connectivity index (χ1) is 19.4. The number of hydrogen-bond donors (Lipinski definition) is 0. The van der Waals surface area contributed by atoms with Crippen molar-refractivity contribution in [2.75, 3.05) is 0 Å². The highest BCUT2D eigenvalue weighted by atomic mass is 15.0. The van der Waals surface area contributed by atoms with Gasteiger partial charge in [0.15, 0.2) is 0 Å². The summed E-state index contributed by atoms with van der Waals surface area (Å²) in [7, 11) is 0. The van der Waals surface area contributed by atoms with Crippen LogP contribution in [0.5, 0.6) is 0 Å². The third-order valence-corrected chi connectivity index (χ3v) is 8.97. The minimum absolute atomic E-state index is 0.111. The number of rotatable bonds is 1. The molecule has 0 saturated heterocycles. The topological polar surface area (TPSA) is 4.93 Å². The fourth-order valence-corrected chi connectivity index (χ4v) is 7.48. The summed E-state index contributed by atoms with van der Waals surface area (Å²) in [6.07, 6.45) is 0. The second-order valence-corrected chi connectivity index (χ2v) is 10.8. The second kappa shape index (κ2) is 7.88. The van der Waals surface area contributed by atoms with Crippen molar-refractivity contribution in [3.05, 3.63) is 140 Å². The monoisotopic (exact) mass is 491 g/mol. The molecule has 1 nitrogen and oxygen atoms in total. The summed E-state index contributed by atoms with van der Waals surface area (Å²) in [4.78, 5) is 0. The Bertz CT molecular complexity index is 2090. The lowest BCUT2D eigenvalue weighted by Gasteiger charge is -2.23. The lowest BCUT2D eigenvalue weighted by molar-refractivity contribution is 1.20. The van der Waals surface area contributed by atoms with Crippen LogP contribution in [0.3, 0.4) is 0 Å². The highest BCUT2D eigenvalue weighted by molar-refractivity contribution is 7.06. The first-order valence-electron chi connectivity index (χ1n) is 13.8. The van der Waals surface area contributed by atoms with Crippen molar-refractivity contribution in [3.8, 4) is 16.8 Å². The van der Waals surface area contributed by atoms with E-state index in [9.17, 15) is 0 Å². The Morgan fingerprint density at radius 1 is 0.410 bits per heavy atom. The van der Waals surface area contributed by atoms with Gasteiger partial charge < -0.3 is 4.57 Å². The van der Waals surface area contributed by atoms with Gasteiger partial charge in [-0.1, -0.05) is 149 Å². The molecule has 3 heterocycles. The fraction of sp³-hybridized carbons (Fsp3) is 0. The van der Waals surface area contributed by atoms with Crippen molar-refractivity contribution in [3.63, 3.8) is 0 Å². The van der Waals surface area contributed by atoms with E-state index >= 15 is 0 Å². The van der Waals surface area contributed by atoms with Crippen LogP contribution in [-0.4, -0.2) is 18.0 Å². The largest absolute Gasteiger partial charge is 0.310 e. The maximum absolute atomic E-state index is 2.57. The molecule has 2 aliphatic rings. The van der Waals surface area contributed by atoms with E-state index in [0.717, 1.165) is 0 Å². The average Bonchev–Trinajstić information content (AvgIpc) is 3.52. The van der Waals surface area contributed by atoms with Crippen molar-refractivity contribution < 1.29 is 0 Å². The van der Waals surface area contributed by atoms with Crippen LogP contribution in [0.15, 0.2) is 140 Å². The molecule has 0 radical (unpaired) electrons. The Morgan fingerprint density at radius 2 is 1.05 bits per heavy atom. The minimum atomic E-state index is 0.111. The van der Waals surface area contributed by atoms with Gasteiger partial charge in [-0.05, 0) is 34.2 Å². The van der Waals surface area contributed by atoms with Crippen LogP contribution < -0.4 is 32.8 Å². The molecule has 0 aliphatic carbocycles. The second-order valence-electron chi connectivity index (χ2n) is 10.8.